The predicted octanol–water partition coefficient (Wildman–Crippen LogP) is 8.23. The second-order valence-electron chi connectivity index (χ2n) is 13.1. The van der Waals surface area contributed by atoms with E-state index in [1.807, 2.05) is 12.2 Å². The van der Waals surface area contributed by atoms with Crippen LogP contribution >= 0.6 is 0 Å². The molecule has 0 saturated carbocycles. The van der Waals surface area contributed by atoms with Crippen LogP contribution in [0.25, 0.3) is 0 Å². The number of allylic oxidation sites excluding steroid dienone is 4. The Bertz CT molecular complexity index is 988. The molecule has 6 heteroatoms. The van der Waals surface area contributed by atoms with Crippen molar-refractivity contribution >= 4 is 17.3 Å². The summed E-state index contributed by atoms with van der Waals surface area (Å²) in [6.07, 6.45) is 33.0. The Hall–Kier alpha value is -2.15. The summed E-state index contributed by atoms with van der Waals surface area (Å²) in [5, 5.41) is 11.4. The van der Waals surface area contributed by atoms with E-state index in [1.54, 1.807) is 31.4 Å². The summed E-state index contributed by atoms with van der Waals surface area (Å²) in [6.45, 7) is 2.25. The van der Waals surface area contributed by atoms with Crippen LogP contribution < -0.4 is 0 Å². The summed E-state index contributed by atoms with van der Waals surface area (Å²) in [6, 6.07) is 0. The first-order valence-electron chi connectivity index (χ1n) is 17.1. The molecule has 240 valence electrons. The van der Waals surface area contributed by atoms with Gasteiger partial charge in [-0.2, -0.15) is 0 Å². The monoisotopic (exact) mass is 596 g/mol. The van der Waals surface area contributed by atoms with E-state index >= 15 is 0 Å². The third-order valence-electron chi connectivity index (χ3n) is 9.40. The quantitative estimate of drug-likeness (QED) is 0.127. The highest BCUT2D eigenvalue weighted by Crippen LogP contribution is 2.44. The molecule has 0 bridgehead atoms. The van der Waals surface area contributed by atoms with Crippen molar-refractivity contribution in [2.24, 2.45) is 5.92 Å². The average Bonchev–Trinajstić information content (AvgIpc) is 3.32. The molecule has 3 aliphatic rings. The lowest BCUT2D eigenvalue weighted by atomic mass is 9.85. The Balaban J connectivity index is 1.45. The molecule has 1 saturated heterocycles. The first-order valence-corrected chi connectivity index (χ1v) is 17.1. The fraction of sp³-hybridized carbons (Fsp3) is 0.703. The van der Waals surface area contributed by atoms with Crippen molar-refractivity contribution in [1.29, 1.82) is 0 Å². The Morgan fingerprint density at radius 3 is 1.95 bits per heavy atom. The van der Waals surface area contributed by atoms with Crippen molar-refractivity contribution in [2.45, 2.75) is 152 Å². The first kappa shape index (κ1) is 35.3. The van der Waals surface area contributed by atoms with Crippen LogP contribution in [0.4, 0.5) is 0 Å². The molecule has 2 unspecified atom stereocenters. The molecule has 3 rings (SSSR count). The normalized spacial score (nSPS) is 22.6. The van der Waals surface area contributed by atoms with Crippen molar-refractivity contribution in [3.05, 3.63) is 48.6 Å². The van der Waals surface area contributed by atoms with E-state index in [4.69, 9.17) is 9.47 Å². The van der Waals surface area contributed by atoms with Crippen LogP contribution in [0, 0.1) is 5.92 Å². The molecule has 2 aliphatic carbocycles. The summed E-state index contributed by atoms with van der Waals surface area (Å²) >= 11 is 0. The maximum absolute atomic E-state index is 13.1. The number of ketones is 3. The van der Waals surface area contributed by atoms with Crippen molar-refractivity contribution < 1.29 is 29.0 Å². The number of unbranched alkanes of at least 4 members (excludes halogenated alkanes) is 11. The van der Waals surface area contributed by atoms with Gasteiger partial charge >= 0.3 is 0 Å². The largest absolute Gasteiger partial charge is 0.370 e. The first-order chi connectivity index (χ1) is 20.7. The van der Waals surface area contributed by atoms with Gasteiger partial charge in [0.1, 0.15) is 17.0 Å². The van der Waals surface area contributed by atoms with Gasteiger partial charge in [-0.05, 0) is 86.6 Å². The Labute approximate surface area is 260 Å². The van der Waals surface area contributed by atoms with Gasteiger partial charge in [-0.3, -0.25) is 14.4 Å². The highest BCUT2D eigenvalue weighted by Gasteiger charge is 2.47. The van der Waals surface area contributed by atoms with Gasteiger partial charge in [-0.1, -0.05) is 77.6 Å². The zero-order valence-electron chi connectivity index (χ0n) is 26.8. The zero-order valence-corrected chi connectivity index (χ0v) is 26.8. The van der Waals surface area contributed by atoms with Crippen LogP contribution in [0.2, 0.25) is 0 Å². The standard InChI is InChI=1S/C37H56O6/c1-3-4-5-6-7-8-9-10-11-12-13-17-34(40)29-31(16-14-15-22-35(42-2)23-18-32(38)19-24-35)30-37(41)28-27-36(43-37)25-20-33(39)21-26-36/h18-21,23-26,31,41H,3-17,22,27-30H2,1-2H3. The lowest BCUT2D eigenvalue weighted by molar-refractivity contribution is -0.211. The summed E-state index contributed by atoms with van der Waals surface area (Å²) in [5.74, 6) is -1.14. The van der Waals surface area contributed by atoms with Crippen molar-refractivity contribution in [2.75, 3.05) is 7.11 Å². The number of ether oxygens (including phenoxy) is 2. The number of aliphatic hydroxyl groups is 1. The minimum Gasteiger partial charge on any atom is -0.370 e. The van der Waals surface area contributed by atoms with E-state index < -0.39 is 17.0 Å². The van der Waals surface area contributed by atoms with Gasteiger partial charge in [0.05, 0.1) is 0 Å². The summed E-state index contributed by atoms with van der Waals surface area (Å²) < 4.78 is 11.9. The van der Waals surface area contributed by atoms with Gasteiger partial charge in [0, 0.05) is 32.8 Å². The second-order valence-corrected chi connectivity index (χ2v) is 13.1. The van der Waals surface area contributed by atoms with Crippen LogP contribution in [0.5, 0.6) is 0 Å². The minimum atomic E-state index is -1.32. The predicted molar refractivity (Wildman–Crippen MR) is 172 cm³/mol. The lowest BCUT2D eigenvalue weighted by Gasteiger charge is -2.32. The number of hydrogen-bond donors (Lipinski definition) is 1. The number of hydrogen-bond acceptors (Lipinski definition) is 6. The molecule has 1 N–H and O–H groups in total. The molecule has 1 aliphatic heterocycles. The van der Waals surface area contributed by atoms with Crippen LogP contribution in [0.3, 0.4) is 0 Å². The molecule has 6 nitrogen and oxygen atoms in total. The molecule has 1 spiro atoms. The van der Waals surface area contributed by atoms with Crippen LogP contribution in [-0.2, 0) is 23.9 Å². The fourth-order valence-corrected chi connectivity index (χ4v) is 6.72. The molecule has 1 fully saturated rings. The maximum Gasteiger partial charge on any atom is 0.178 e. The van der Waals surface area contributed by atoms with Crippen molar-refractivity contribution in [1.82, 2.24) is 0 Å². The molecule has 0 radical (unpaired) electrons. The van der Waals surface area contributed by atoms with Gasteiger partial charge in [0.25, 0.3) is 0 Å². The molecular formula is C37H56O6. The van der Waals surface area contributed by atoms with Crippen LogP contribution in [0.15, 0.2) is 48.6 Å². The average molecular weight is 597 g/mol. The molecule has 0 amide bonds. The number of rotatable bonds is 22. The Morgan fingerprint density at radius 1 is 0.814 bits per heavy atom. The molecule has 0 aromatic heterocycles. The molecule has 2 atom stereocenters. The van der Waals surface area contributed by atoms with Gasteiger partial charge in [-0.25, -0.2) is 0 Å². The summed E-state index contributed by atoms with van der Waals surface area (Å²) in [7, 11) is 1.66. The van der Waals surface area contributed by atoms with E-state index in [0.717, 1.165) is 38.5 Å². The van der Waals surface area contributed by atoms with E-state index in [0.29, 0.717) is 32.1 Å². The molecule has 0 aromatic rings. The Kier molecular flexibility index (Phi) is 14.8. The molecule has 0 aromatic carbocycles. The van der Waals surface area contributed by atoms with Crippen LogP contribution in [-0.4, -0.2) is 46.6 Å². The highest BCUT2D eigenvalue weighted by atomic mass is 16.6. The van der Waals surface area contributed by atoms with Gasteiger partial charge in [0.15, 0.2) is 17.4 Å². The number of carbonyl (C=O) groups is 3. The lowest BCUT2D eigenvalue weighted by Crippen LogP contribution is -2.36. The smallest absolute Gasteiger partial charge is 0.178 e. The number of methoxy groups -OCH3 is 1. The number of Topliss-reactive ketones (excluding diaryl/α,β-unsaturated/α-hetero) is 1. The third kappa shape index (κ3) is 12.4. The summed E-state index contributed by atoms with van der Waals surface area (Å²) in [5.41, 5.74) is -1.31. The van der Waals surface area contributed by atoms with Crippen molar-refractivity contribution in [3.63, 3.8) is 0 Å². The zero-order chi connectivity index (χ0) is 31.0. The second kappa shape index (κ2) is 18.0. The molecule has 43 heavy (non-hydrogen) atoms. The molecule has 1 heterocycles. The number of carbonyl (C=O) groups excluding carboxylic acids is 3. The Morgan fingerprint density at radius 2 is 1.37 bits per heavy atom. The van der Waals surface area contributed by atoms with Gasteiger partial charge in [-0.15, -0.1) is 0 Å². The van der Waals surface area contributed by atoms with Crippen LogP contribution in [0.1, 0.15) is 135 Å². The maximum atomic E-state index is 13.1. The van der Waals surface area contributed by atoms with E-state index in [-0.39, 0.29) is 23.3 Å². The van der Waals surface area contributed by atoms with E-state index in [1.165, 1.54) is 69.9 Å². The highest BCUT2D eigenvalue weighted by molar-refractivity contribution is 6.01. The minimum absolute atomic E-state index is 0.0102. The summed E-state index contributed by atoms with van der Waals surface area (Å²) in [4.78, 5) is 36.3. The van der Waals surface area contributed by atoms with Gasteiger partial charge in [0.2, 0.25) is 0 Å². The SMILES string of the molecule is CCCCCCCCCCCCCC(=O)CC(CCCCC1(OC)C=CC(=O)C=C1)CC1(O)CCC2(C=CC(=O)C=C2)O1. The topological polar surface area (TPSA) is 89.9 Å². The fourth-order valence-electron chi connectivity index (χ4n) is 6.72. The van der Waals surface area contributed by atoms with E-state index in [2.05, 4.69) is 6.92 Å². The van der Waals surface area contributed by atoms with E-state index in [9.17, 15) is 19.5 Å². The molecular weight excluding hydrogens is 540 g/mol. The van der Waals surface area contributed by atoms with Gasteiger partial charge < -0.3 is 14.6 Å². The van der Waals surface area contributed by atoms with Crippen molar-refractivity contribution in [3.8, 4) is 0 Å². The third-order valence-corrected chi connectivity index (χ3v) is 9.40.